The number of aryl methyl sites for hydroxylation is 1. The Hall–Kier alpha value is -1.50. The Labute approximate surface area is 195 Å². The topological polar surface area (TPSA) is 81.1 Å². The minimum absolute atomic E-state index is 0.141. The summed E-state index contributed by atoms with van der Waals surface area (Å²) >= 11 is 5.98. The van der Waals surface area contributed by atoms with Gasteiger partial charge in [0.25, 0.3) is 10.0 Å². The predicted octanol–water partition coefficient (Wildman–Crippen LogP) is 5.28. The fourth-order valence-corrected chi connectivity index (χ4v) is 6.82. The van der Waals surface area contributed by atoms with Crippen LogP contribution < -0.4 is 10.4 Å². The lowest BCUT2D eigenvalue weighted by atomic mass is 10.3. The van der Waals surface area contributed by atoms with E-state index >= 15 is 0 Å². The quantitative estimate of drug-likeness (QED) is 0.289. The maximum absolute atomic E-state index is 14.3. The fourth-order valence-electron chi connectivity index (χ4n) is 2.90. The second-order valence-corrected chi connectivity index (χ2v) is 11.9. The van der Waals surface area contributed by atoms with Crippen molar-refractivity contribution in [3.05, 3.63) is 49.5 Å². The summed E-state index contributed by atoms with van der Waals surface area (Å²) in [6.45, 7) is 3.26. The van der Waals surface area contributed by atoms with Crippen molar-refractivity contribution in [3.8, 4) is 5.69 Å². The molecule has 0 spiro atoms. The molecule has 1 aromatic carbocycles. The van der Waals surface area contributed by atoms with Gasteiger partial charge < -0.3 is 0 Å². The SMILES string of the molecule is Cc1sc(SCCCCCF)c2c(NS(=O)(=O)c3ccc(Br)cc3F)nc(=O)n-2c1C. The zero-order chi connectivity index (χ0) is 22.8. The highest BCUT2D eigenvalue weighted by Crippen LogP contribution is 2.39. The summed E-state index contributed by atoms with van der Waals surface area (Å²) in [5, 5.41) is 0. The summed E-state index contributed by atoms with van der Waals surface area (Å²) in [7, 11) is -4.32. The Bertz CT molecular complexity index is 1230. The van der Waals surface area contributed by atoms with Gasteiger partial charge in [0.15, 0.2) is 5.82 Å². The second kappa shape index (κ2) is 9.97. The summed E-state index contributed by atoms with van der Waals surface area (Å²) in [6, 6.07) is 3.60. The van der Waals surface area contributed by atoms with E-state index in [4.69, 9.17) is 0 Å². The Morgan fingerprint density at radius 1 is 1.26 bits per heavy atom. The van der Waals surface area contributed by atoms with Gasteiger partial charge in [-0.15, -0.1) is 23.1 Å². The van der Waals surface area contributed by atoms with Crippen LogP contribution in [-0.2, 0) is 10.0 Å². The minimum atomic E-state index is -4.32. The van der Waals surface area contributed by atoms with Crippen LogP contribution >= 0.6 is 39.0 Å². The molecule has 0 aromatic heterocycles. The van der Waals surface area contributed by atoms with Gasteiger partial charge in [-0.3, -0.25) is 13.7 Å². The van der Waals surface area contributed by atoms with Gasteiger partial charge in [-0.1, -0.05) is 22.4 Å². The smallest absolute Gasteiger partial charge is 0.261 e. The number of benzene rings is 1. The standard InChI is InChI=1S/C19H20BrF2N3O3S3/c1-11-12(2)30-18(29-9-5-3-4-8-21)16-17(23-19(26)25(11)16)24-31(27,28)15-7-6-13(20)10-14(15)22/h6-7,10H,3-5,8-9H2,1-2H3,(H,23,24,26). The number of fused-ring (bicyclic) bond motifs is 1. The summed E-state index contributed by atoms with van der Waals surface area (Å²) in [4.78, 5) is 16.8. The molecule has 0 bridgehead atoms. The molecule has 0 saturated heterocycles. The van der Waals surface area contributed by atoms with Crippen LogP contribution in [0.3, 0.4) is 0 Å². The molecular formula is C19H20BrF2N3O3S3. The van der Waals surface area contributed by atoms with E-state index in [1.54, 1.807) is 6.92 Å². The number of halogens is 3. The van der Waals surface area contributed by atoms with Crippen molar-refractivity contribution in [2.45, 2.75) is 42.2 Å². The Kier molecular flexibility index (Phi) is 7.76. The van der Waals surface area contributed by atoms with E-state index < -0.39 is 26.4 Å². The molecule has 2 heterocycles. The number of anilines is 1. The molecule has 0 fully saturated rings. The van der Waals surface area contributed by atoms with Crippen LogP contribution in [0.4, 0.5) is 14.6 Å². The molecule has 0 amide bonds. The van der Waals surface area contributed by atoms with Gasteiger partial charge in [-0.2, -0.15) is 4.98 Å². The molecule has 1 N–H and O–H groups in total. The van der Waals surface area contributed by atoms with Crippen LogP contribution in [0.1, 0.15) is 29.8 Å². The van der Waals surface area contributed by atoms with Crippen LogP contribution in [0.2, 0.25) is 0 Å². The molecule has 168 valence electrons. The van der Waals surface area contributed by atoms with Crippen molar-refractivity contribution in [1.82, 2.24) is 9.55 Å². The van der Waals surface area contributed by atoms with Crippen molar-refractivity contribution >= 4 is 54.9 Å². The molecule has 2 aliphatic rings. The van der Waals surface area contributed by atoms with Gasteiger partial charge in [-0.25, -0.2) is 17.6 Å². The highest BCUT2D eigenvalue weighted by Gasteiger charge is 2.28. The van der Waals surface area contributed by atoms with Crippen molar-refractivity contribution in [1.29, 1.82) is 0 Å². The average Bonchev–Trinajstić information content (AvgIpc) is 3.00. The van der Waals surface area contributed by atoms with Gasteiger partial charge in [0, 0.05) is 15.0 Å². The van der Waals surface area contributed by atoms with Gasteiger partial charge in [0.1, 0.15) is 16.4 Å². The average molecular weight is 552 g/mol. The lowest BCUT2D eigenvalue weighted by molar-refractivity contribution is 0.460. The summed E-state index contributed by atoms with van der Waals surface area (Å²) in [5.41, 5.74) is 0.380. The zero-order valence-electron chi connectivity index (χ0n) is 16.7. The van der Waals surface area contributed by atoms with Crippen molar-refractivity contribution in [2.75, 3.05) is 17.1 Å². The normalized spacial score (nSPS) is 11.9. The number of hydrogen-bond acceptors (Lipinski definition) is 6. The van der Waals surface area contributed by atoms with Crippen LogP contribution in [-0.4, -0.2) is 30.4 Å². The summed E-state index contributed by atoms with van der Waals surface area (Å²) < 4.78 is 57.0. The van der Waals surface area contributed by atoms with E-state index in [2.05, 4.69) is 25.6 Å². The number of nitrogens with one attached hydrogen (secondary N) is 1. The maximum atomic E-state index is 14.3. The van der Waals surface area contributed by atoms with Crippen LogP contribution in [0.5, 0.6) is 0 Å². The molecule has 31 heavy (non-hydrogen) atoms. The largest absolute Gasteiger partial charge is 0.354 e. The van der Waals surface area contributed by atoms with E-state index in [0.29, 0.717) is 32.2 Å². The third kappa shape index (κ3) is 5.29. The number of hydrogen-bond donors (Lipinski definition) is 1. The Balaban J connectivity index is 2.01. The number of rotatable bonds is 9. The van der Waals surface area contributed by atoms with E-state index in [1.807, 2.05) is 6.92 Å². The first kappa shape index (κ1) is 24.1. The summed E-state index contributed by atoms with van der Waals surface area (Å²) in [6.07, 6.45) is 2.02. The molecule has 0 atom stereocenters. The molecule has 2 aliphatic heterocycles. The molecule has 12 heteroatoms. The molecule has 0 aliphatic carbocycles. The third-order valence-electron chi connectivity index (χ3n) is 4.56. The van der Waals surface area contributed by atoms with E-state index in [0.717, 1.165) is 29.9 Å². The number of thioether (sulfide) groups is 1. The molecule has 1 aromatic rings. The Morgan fingerprint density at radius 2 is 2.00 bits per heavy atom. The van der Waals surface area contributed by atoms with E-state index in [1.165, 1.54) is 33.7 Å². The molecule has 3 rings (SSSR count). The number of imidazole rings is 1. The van der Waals surface area contributed by atoms with E-state index in [-0.39, 0.29) is 12.5 Å². The number of unbranched alkanes of at least 4 members (excludes halogenated alkanes) is 2. The number of alkyl halides is 1. The highest BCUT2D eigenvalue weighted by atomic mass is 79.9. The van der Waals surface area contributed by atoms with Crippen molar-refractivity contribution in [3.63, 3.8) is 0 Å². The second-order valence-electron chi connectivity index (χ2n) is 6.74. The molecule has 0 saturated carbocycles. The van der Waals surface area contributed by atoms with Crippen LogP contribution in [0.15, 0.2) is 36.6 Å². The first-order valence-corrected chi connectivity index (χ1v) is 13.4. The number of aromatic nitrogens is 2. The lowest BCUT2D eigenvalue weighted by Crippen LogP contribution is -2.17. The first-order chi connectivity index (χ1) is 14.7. The van der Waals surface area contributed by atoms with Gasteiger partial charge in [0.2, 0.25) is 0 Å². The highest BCUT2D eigenvalue weighted by molar-refractivity contribution is 9.10. The van der Waals surface area contributed by atoms with E-state index in [9.17, 15) is 22.0 Å². The van der Waals surface area contributed by atoms with Crippen molar-refractivity contribution in [2.24, 2.45) is 0 Å². The molecular weight excluding hydrogens is 532 g/mol. The zero-order valence-corrected chi connectivity index (χ0v) is 20.8. The fraction of sp³-hybridized carbons (Fsp3) is 0.368. The molecule has 6 nitrogen and oxygen atoms in total. The van der Waals surface area contributed by atoms with Crippen LogP contribution in [0.25, 0.3) is 5.69 Å². The third-order valence-corrected chi connectivity index (χ3v) is 8.95. The Morgan fingerprint density at radius 3 is 2.68 bits per heavy atom. The number of nitrogens with zero attached hydrogens (tertiary/aromatic N) is 2. The van der Waals surface area contributed by atoms with Crippen LogP contribution in [0, 0.1) is 19.7 Å². The summed E-state index contributed by atoms with van der Waals surface area (Å²) in [5.74, 6) is -0.385. The predicted molar refractivity (Wildman–Crippen MR) is 124 cm³/mol. The lowest BCUT2D eigenvalue weighted by Gasteiger charge is -2.16. The maximum Gasteiger partial charge on any atom is 0.354 e. The van der Waals surface area contributed by atoms with Gasteiger partial charge >= 0.3 is 5.69 Å². The minimum Gasteiger partial charge on any atom is -0.261 e. The van der Waals surface area contributed by atoms with Crippen molar-refractivity contribution < 1.29 is 17.2 Å². The monoisotopic (exact) mass is 551 g/mol. The molecule has 0 radical (unpaired) electrons. The van der Waals surface area contributed by atoms with Gasteiger partial charge in [-0.05, 0) is 50.6 Å². The first-order valence-electron chi connectivity index (χ1n) is 9.35. The number of sulfonamides is 1. The molecule has 0 unspecified atom stereocenters. The van der Waals surface area contributed by atoms with Gasteiger partial charge in [0.05, 0.1) is 10.9 Å².